The number of rotatable bonds is 9. The van der Waals surface area contributed by atoms with Gasteiger partial charge >= 0.3 is 17.6 Å². The number of ether oxygens (including phenoxy) is 2. The van der Waals surface area contributed by atoms with Crippen LogP contribution in [0.25, 0.3) is 34.0 Å². The molecule has 0 aliphatic rings. The molecule has 0 fully saturated rings. The predicted molar refractivity (Wildman–Crippen MR) is 156 cm³/mol. The largest absolute Gasteiger partial charge is 0.462 e. The van der Waals surface area contributed by atoms with Crippen molar-refractivity contribution in [2.75, 3.05) is 18.5 Å². The number of aromatic nitrogens is 2. The molecule has 0 saturated carbocycles. The molecule has 0 spiro atoms. The Morgan fingerprint density at radius 3 is 2.50 bits per heavy atom. The Morgan fingerprint density at radius 2 is 1.69 bits per heavy atom. The summed E-state index contributed by atoms with van der Waals surface area (Å²) in [5, 5.41) is 7.87. The van der Waals surface area contributed by atoms with Crippen molar-refractivity contribution in [2.45, 2.75) is 6.92 Å². The number of para-hydroxylation sites is 3. The van der Waals surface area contributed by atoms with Crippen molar-refractivity contribution in [3.63, 3.8) is 0 Å². The maximum atomic E-state index is 12.9. The molecular weight excluding hydrogens is 538 g/mol. The minimum Gasteiger partial charge on any atom is -0.462 e. The zero-order chi connectivity index (χ0) is 29.5. The first-order chi connectivity index (χ1) is 20.4. The van der Waals surface area contributed by atoms with Crippen LogP contribution in [0.3, 0.4) is 0 Å². The average molecular weight is 564 g/mol. The fourth-order valence-electron chi connectivity index (χ4n) is 4.17. The fraction of sp³-hybridized carbons (Fsp3) is 0.0938. The van der Waals surface area contributed by atoms with E-state index in [1.54, 1.807) is 54.2 Å². The number of benzene rings is 3. The maximum absolute atomic E-state index is 12.9. The molecule has 2 heterocycles. The van der Waals surface area contributed by atoms with Gasteiger partial charge in [0.15, 0.2) is 6.61 Å². The van der Waals surface area contributed by atoms with Crippen LogP contribution in [0.15, 0.2) is 106 Å². The van der Waals surface area contributed by atoms with Gasteiger partial charge in [-0.05, 0) is 49.4 Å². The van der Waals surface area contributed by atoms with Crippen LogP contribution in [0.2, 0.25) is 0 Å². The second kappa shape index (κ2) is 12.6. The van der Waals surface area contributed by atoms with Gasteiger partial charge in [-0.2, -0.15) is 5.10 Å². The summed E-state index contributed by atoms with van der Waals surface area (Å²) < 4.78 is 17.2. The SMILES string of the molecule is CCOC(=O)c1ccccc1NC(=O)COC(=O)/C=C/c1cn(-c2ccccc2)nc1-c1cc2ccccc2oc1=O. The van der Waals surface area contributed by atoms with Crippen LogP contribution in [-0.4, -0.2) is 40.8 Å². The highest BCUT2D eigenvalue weighted by molar-refractivity contribution is 6.02. The average Bonchev–Trinajstić information content (AvgIpc) is 3.43. The van der Waals surface area contributed by atoms with E-state index >= 15 is 0 Å². The first-order valence-electron chi connectivity index (χ1n) is 13.0. The van der Waals surface area contributed by atoms with Crippen molar-refractivity contribution in [1.82, 2.24) is 9.78 Å². The van der Waals surface area contributed by atoms with E-state index in [1.165, 1.54) is 12.1 Å². The lowest BCUT2D eigenvalue weighted by molar-refractivity contribution is -0.142. The highest BCUT2D eigenvalue weighted by Gasteiger charge is 2.17. The maximum Gasteiger partial charge on any atom is 0.345 e. The lowest BCUT2D eigenvalue weighted by Crippen LogP contribution is -2.21. The number of fused-ring (bicyclic) bond motifs is 1. The summed E-state index contributed by atoms with van der Waals surface area (Å²) in [6.45, 7) is 1.27. The van der Waals surface area contributed by atoms with E-state index < -0.39 is 30.1 Å². The Hall–Kier alpha value is -5.77. The van der Waals surface area contributed by atoms with Crippen molar-refractivity contribution >= 4 is 40.6 Å². The molecule has 10 heteroatoms. The summed E-state index contributed by atoms with van der Waals surface area (Å²) in [6, 6.07) is 24.4. The van der Waals surface area contributed by atoms with Crippen molar-refractivity contribution in [1.29, 1.82) is 0 Å². The molecule has 42 heavy (non-hydrogen) atoms. The topological polar surface area (TPSA) is 130 Å². The van der Waals surface area contributed by atoms with E-state index in [4.69, 9.17) is 13.9 Å². The zero-order valence-corrected chi connectivity index (χ0v) is 22.5. The molecule has 0 saturated heterocycles. The molecule has 0 radical (unpaired) electrons. The van der Waals surface area contributed by atoms with E-state index in [9.17, 15) is 19.2 Å². The van der Waals surface area contributed by atoms with Crippen molar-refractivity contribution in [2.24, 2.45) is 0 Å². The minimum absolute atomic E-state index is 0.181. The van der Waals surface area contributed by atoms with Crippen LogP contribution in [0.1, 0.15) is 22.8 Å². The van der Waals surface area contributed by atoms with Crippen LogP contribution < -0.4 is 10.9 Å². The third kappa shape index (κ3) is 6.34. The lowest BCUT2D eigenvalue weighted by Gasteiger charge is -2.10. The normalized spacial score (nSPS) is 11.0. The molecule has 5 aromatic rings. The van der Waals surface area contributed by atoms with E-state index in [0.717, 1.165) is 11.8 Å². The Kier molecular flexibility index (Phi) is 8.34. The molecule has 0 bridgehead atoms. The number of hydrogen-bond acceptors (Lipinski definition) is 8. The van der Waals surface area contributed by atoms with E-state index in [1.807, 2.05) is 42.5 Å². The summed E-state index contributed by atoms with van der Waals surface area (Å²) in [5.74, 6) is -2.02. The number of anilines is 1. The molecule has 0 aliphatic carbocycles. The predicted octanol–water partition coefficient (Wildman–Crippen LogP) is 5.02. The highest BCUT2D eigenvalue weighted by atomic mass is 16.5. The first kappa shape index (κ1) is 27.8. The van der Waals surface area contributed by atoms with Gasteiger partial charge in [0.2, 0.25) is 0 Å². The van der Waals surface area contributed by atoms with E-state index in [0.29, 0.717) is 22.2 Å². The first-order valence-corrected chi connectivity index (χ1v) is 13.0. The molecule has 5 rings (SSSR count). The van der Waals surface area contributed by atoms with Gasteiger partial charge in [0, 0.05) is 23.2 Å². The molecule has 2 aromatic heterocycles. The number of carbonyl (C=O) groups is 3. The monoisotopic (exact) mass is 563 g/mol. The van der Waals surface area contributed by atoms with Crippen LogP contribution in [-0.2, 0) is 19.1 Å². The molecule has 1 N–H and O–H groups in total. The molecule has 10 nitrogen and oxygen atoms in total. The zero-order valence-electron chi connectivity index (χ0n) is 22.5. The Bertz CT molecular complexity index is 1860. The number of nitrogens with zero attached hydrogens (tertiary/aromatic N) is 2. The Morgan fingerprint density at radius 1 is 0.952 bits per heavy atom. The number of nitrogens with one attached hydrogen (secondary N) is 1. The third-order valence-corrected chi connectivity index (χ3v) is 6.10. The van der Waals surface area contributed by atoms with Gasteiger partial charge in [-0.25, -0.2) is 19.1 Å². The fourth-order valence-corrected chi connectivity index (χ4v) is 4.17. The van der Waals surface area contributed by atoms with Crippen LogP contribution in [0, 0.1) is 0 Å². The second-order valence-corrected chi connectivity index (χ2v) is 8.95. The molecule has 210 valence electrons. The van der Waals surface area contributed by atoms with Gasteiger partial charge in [-0.15, -0.1) is 0 Å². The minimum atomic E-state index is -0.798. The highest BCUT2D eigenvalue weighted by Crippen LogP contribution is 2.25. The second-order valence-electron chi connectivity index (χ2n) is 8.95. The molecule has 0 atom stereocenters. The summed E-state index contributed by atoms with van der Waals surface area (Å²) in [5.41, 5.74) is 1.99. The van der Waals surface area contributed by atoms with E-state index in [-0.39, 0.29) is 23.4 Å². The molecule has 1 amide bonds. The van der Waals surface area contributed by atoms with Crippen LogP contribution in [0.5, 0.6) is 0 Å². The number of amides is 1. The lowest BCUT2D eigenvalue weighted by atomic mass is 10.1. The Labute approximate surface area is 239 Å². The number of carbonyl (C=O) groups excluding carboxylic acids is 3. The summed E-state index contributed by atoms with van der Waals surface area (Å²) >= 11 is 0. The van der Waals surface area contributed by atoms with Gasteiger partial charge in [-0.3, -0.25) is 4.79 Å². The summed E-state index contributed by atoms with van der Waals surface area (Å²) in [7, 11) is 0. The summed E-state index contributed by atoms with van der Waals surface area (Å²) in [4.78, 5) is 50.0. The summed E-state index contributed by atoms with van der Waals surface area (Å²) in [6.07, 6.45) is 4.26. The Balaban J connectivity index is 1.35. The van der Waals surface area contributed by atoms with Crippen LogP contribution in [0.4, 0.5) is 5.69 Å². The number of esters is 2. The third-order valence-electron chi connectivity index (χ3n) is 6.10. The van der Waals surface area contributed by atoms with Crippen molar-refractivity contribution < 1.29 is 28.3 Å². The standard InChI is InChI=1S/C32H25N3O7/c1-2-40-31(38)24-13-7-8-14-26(24)33-28(36)20-41-29(37)17-16-22-19-35(23-11-4-3-5-12-23)34-30(22)25-18-21-10-6-9-15-27(21)42-32(25)39/h3-19H,2,20H2,1H3,(H,33,36)/b17-16+. The van der Waals surface area contributed by atoms with Crippen LogP contribution >= 0.6 is 0 Å². The number of hydrogen-bond donors (Lipinski definition) is 1. The molecular formula is C32H25N3O7. The quantitative estimate of drug-likeness (QED) is 0.150. The molecule has 0 unspecified atom stereocenters. The smallest absolute Gasteiger partial charge is 0.345 e. The van der Waals surface area contributed by atoms with Gasteiger partial charge < -0.3 is 19.2 Å². The van der Waals surface area contributed by atoms with E-state index in [2.05, 4.69) is 10.4 Å². The van der Waals surface area contributed by atoms with Gasteiger partial charge in [0.05, 0.1) is 29.1 Å². The van der Waals surface area contributed by atoms with Gasteiger partial charge in [0.25, 0.3) is 5.91 Å². The molecule has 0 aliphatic heterocycles. The van der Waals surface area contributed by atoms with Crippen molar-refractivity contribution in [3.8, 4) is 16.9 Å². The van der Waals surface area contributed by atoms with Gasteiger partial charge in [0.1, 0.15) is 11.3 Å². The molecule has 3 aromatic carbocycles. The van der Waals surface area contributed by atoms with Crippen molar-refractivity contribution in [3.05, 3.63) is 119 Å². The van der Waals surface area contributed by atoms with Gasteiger partial charge in [-0.1, -0.05) is 48.5 Å².